The predicted octanol–water partition coefficient (Wildman–Crippen LogP) is 6.86. The van der Waals surface area contributed by atoms with Gasteiger partial charge in [0.15, 0.2) is 0 Å². The van der Waals surface area contributed by atoms with Crippen LogP contribution in [-0.4, -0.2) is 14.8 Å². The van der Waals surface area contributed by atoms with Crippen LogP contribution in [0.25, 0.3) is 0 Å². The molecule has 4 heteroatoms. The van der Waals surface area contributed by atoms with Crippen molar-refractivity contribution < 1.29 is 0 Å². The van der Waals surface area contributed by atoms with Gasteiger partial charge in [0.25, 0.3) is 0 Å². The molecule has 5 rings (SSSR count). The summed E-state index contributed by atoms with van der Waals surface area (Å²) in [4.78, 5) is 0. The van der Waals surface area contributed by atoms with Crippen LogP contribution in [-0.2, 0) is 6.42 Å². The van der Waals surface area contributed by atoms with Crippen molar-refractivity contribution in [3.05, 3.63) is 53.3 Å². The first-order valence-corrected chi connectivity index (χ1v) is 12.5. The minimum Gasteiger partial charge on any atom is -0.359 e. The molecule has 0 aliphatic heterocycles. The molecule has 2 aromatic rings. The van der Waals surface area contributed by atoms with E-state index in [0.717, 1.165) is 36.1 Å². The first kappa shape index (κ1) is 20.8. The van der Waals surface area contributed by atoms with E-state index >= 15 is 0 Å². The zero-order chi connectivity index (χ0) is 21.4. The van der Waals surface area contributed by atoms with Gasteiger partial charge < -0.3 is 9.88 Å². The lowest BCUT2D eigenvalue weighted by Gasteiger charge is -2.36. The van der Waals surface area contributed by atoms with Crippen LogP contribution in [0.3, 0.4) is 0 Å². The van der Waals surface area contributed by atoms with Crippen LogP contribution in [0.2, 0.25) is 0 Å². The molecular weight excluding hydrogens is 380 g/mol. The van der Waals surface area contributed by atoms with Gasteiger partial charge >= 0.3 is 0 Å². The number of rotatable bonds is 9. The molecule has 3 fully saturated rings. The van der Waals surface area contributed by atoms with E-state index in [-0.39, 0.29) is 0 Å². The van der Waals surface area contributed by atoms with Gasteiger partial charge in [-0.3, -0.25) is 0 Å². The summed E-state index contributed by atoms with van der Waals surface area (Å²) in [7, 11) is 0. The summed E-state index contributed by atoms with van der Waals surface area (Å²) in [6, 6.07) is 7.16. The van der Waals surface area contributed by atoms with Gasteiger partial charge in [-0.25, -0.2) is 0 Å². The summed E-state index contributed by atoms with van der Waals surface area (Å²) in [6.45, 7) is 8.56. The summed E-state index contributed by atoms with van der Waals surface area (Å²) >= 11 is 0. The van der Waals surface area contributed by atoms with E-state index in [1.807, 2.05) is 0 Å². The molecule has 0 unspecified atom stereocenters. The monoisotopic (exact) mass is 418 g/mol. The predicted molar refractivity (Wildman–Crippen MR) is 127 cm³/mol. The van der Waals surface area contributed by atoms with Crippen LogP contribution in [0.15, 0.2) is 30.5 Å². The molecule has 0 bridgehead atoms. The third kappa shape index (κ3) is 4.73. The minimum atomic E-state index is 0.643. The number of hydrogen-bond donors (Lipinski definition) is 1. The Morgan fingerprint density at radius 1 is 1.06 bits per heavy atom. The van der Waals surface area contributed by atoms with Crippen LogP contribution in [0.5, 0.6) is 0 Å². The highest BCUT2D eigenvalue weighted by atomic mass is 15.3. The smallest absolute Gasteiger partial charge is 0.136 e. The maximum absolute atomic E-state index is 4.71. The van der Waals surface area contributed by atoms with Crippen molar-refractivity contribution in [3.63, 3.8) is 0 Å². The highest BCUT2D eigenvalue weighted by Gasteiger charge is 2.38. The highest BCUT2D eigenvalue weighted by Crippen LogP contribution is 2.48. The van der Waals surface area contributed by atoms with E-state index in [1.165, 1.54) is 80.6 Å². The number of anilines is 1. The van der Waals surface area contributed by atoms with Gasteiger partial charge in [0, 0.05) is 29.8 Å². The molecule has 0 saturated heterocycles. The Labute approximate surface area is 187 Å². The maximum atomic E-state index is 4.71. The number of nitrogens with one attached hydrogen (secondary N) is 1. The lowest BCUT2D eigenvalue weighted by atomic mass is 9.70. The van der Waals surface area contributed by atoms with Crippen molar-refractivity contribution in [2.45, 2.75) is 96.4 Å². The summed E-state index contributed by atoms with van der Waals surface area (Å²) in [6.07, 6.45) is 14.4. The molecule has 3 saturated carbocycles. The van der Waals surface area contributed by atoms with Gasteiger partial charge in [0.2, 0.25) is 0 Å². The lowest BCUT2D eigenvalue weighted by molar-refractivity contribution is 0.203. The fourth-order valence-electron chi connectivity index (χ4n) is 5.84. The molecule has 31 heavy (non-hydrogen) atoms. The number of aryl methyl sites for hydroxylation is 3. The molecule has 0 spiro atoms. The van der Waals surface area contributed by atoms with E-state index < -0.39 is 0 Å². The van der Waals surface area contributed by atoms with Crippen LogP contribution < -0.4 is 5.32 Å². The second-order valence-corrected chi connectivity index (χ2v) is 10.5. The fraction of sp³-hybridized carbons (Fsp3) is 0.630. The highest BCUT2D eigenvalue weighted by molar-refractivity contribution is 5.55. The number of hydrogen-bond acceptors (Lipinski definition) is 3. The molecule has 4 nitrogen and oxygen atoms in total. The summed E-state index contributed by atoms with van der Waals surface area (Å²) < 4.78 is 2.51. The van der Waals surface area contributed by atoms with Crippen LogP contribution in [0, 0.1) is 25.7 Å². The van der Waals surface area contributed by atoms with Crippen LogP contribution in [0.1, 0.15) is 98.9 Å². The van der Waals surface area contributed by atoms with Gasteiger partial charge in [-0.15, -0.1) is 10.2 Å². The number of benzene rings is 1. The molecule has 3 aliphatic rings. The Kier molecular flexibility index (Phi) is 5.90. The number of allylic oxidation sites excluding steroid dienone is 1. The standard InChI is InChI=1S/C27H38N4/c1-18-8-12-25(19(2)14-18)28-20(3)9-13-26-29-30-27(31(26)24-10-11-24)23-16-22(17-23)15-21-6-4-5-7-21/h8,12,14,21-24,28H,3-7,9-11,13,15-17H2,1-2H3. The Morgan fingerprint density at radius 3 is 2.55 bits per heavy atom. The van der Waals surface area contributed by atoms with Gasteiger partial charge in [-0.05, 0) is 75.8 Å². The van der Waals surface area contributed by atoms with Crippen molar-refractivity contribution in [2.75, 3.05) is 5.32 Å². The third-order valence-electron chi connectivity index (χ3n) is 7.79. The Morgan fingerprint density at radius 2 is 1.84 bits per heavy atom. The van der Waals surface area contributed by atoms with Crippen molar-refractivity contribution in [3.8, 4) is 0 Å². The number of nitrogens with zero attached hydrogens (tertiary/aromatic N) is 3. The second-order valence-electron chi connectivity index (χ2n) is 10.5. The fourth-order valence-corrected chi connectivity index (χ4v) is 5.84. The van der Waals surface area contributed by atoms with Gasteiger partial charge in [0.05, 0.1) is 0 Å². The van der Waals surface area contributed by atoms with Crippen molar-refractivity contribution in [1.82, 2.24) is 14.8 Å². The van der Waals surface area contributed by atoms with E-state index in [9.17, 15) is 0 Å². The average molecular weight is 419 g/mol. The minimum absolute atomic E-state index is 0.643. The normalized spacial score (nSPS) is 23.7. The molecule has 0 amide bonds. The SMILES string of the molecule is C=C(CCc1nnc(C2CC(CC3CCCC3)C2)n1C1CC1)Nc1ccc(C)cc1C. The van der Waals surface area contributed by atoms with E-state index in [2.05, 4.69) is 53.6 Å². The first-order valence-electron chi connectivity index (χ1n) is 12.5. The maximum Gasteiger partial charge on any atom is 0.136 e. The molecule has 1 N–H and O–H groups in total. The summed E-state index contributed by atoms with van der Waals surface area (Å²) in [5, 5.41) is 12.9. The summed E-state index contributed by atoms with van der Waals surface area (Å²) in [5.74, 6) is 5.04. The zero-order valence-corrected chi connectivity index (χ0v) is 19.4. The molecule has 1 aromatic carbocycles. The van der Waals surface area contributed by atoms with Gasteiger partial charge in [-0.2, -0.15) is 0 Å². The molecule has 1 heterocycles. The van der Waals surface area contributed by atoms with Crippen molar-refractivity contribution >= 4 is 5.69 Å². The second kappa shape index (κ2) is 8.80. The molecular formula is C27H38N4. The molecule has 1 aromatic heterocycles. The molecule has 0 radical (unpaired) electrons. The molecule has 0 atom stereocenters. The molecule has 166 valence electrons. The Bertz CT molecular complexity index is 927. The Hall–Kier alpha value is -2.10. The van der Waals surface area contributed by atoms with Gasteiger partial charge in [-0.1, -0.05) is 50.0 Å². The van der Waals surface area contributed by atoms with E-state index in [1.54, 1.807) is 0 Å². The van der Waals surface area contributed by atoms with E-state index in [0.29, 0.717) is 12.0 Å². The average Bonchev–Trinajstić information content (AvgIpc) is 3.25. The topological polar surface area (TPSA) is 42.7 Å². The van der Waals surface area contributed by atoms with Crippen molar-refractivity contribution in [2.24, 2.45) is 11.8 Å². The van der Waals surface area contributed by atoms with Crippen LogP contribution >= 0.6 is 0 Å². The largest absolute Gasteiger partial charge is 0.359 e. The summed E-state index contributed by atoms with van der Waals surface area (Å²) in [5.41, 5.74) is 4.77. The Balaban J connectivity index is 1.18. The quantitative estimate of drug-likeness (QED) is 0.483. The molecule has 3 aliphatic carbocycles. The van der Waals surface area contributed by atoms with Crippen molar-refractivity contribution in [1.29, 1.82) is 0 Å². The van der Waals surface area contributed by atoms with Crippen LogP contribution in [0.4, 0.5) is 5.69 Å². The van der Waals surface area contributed by atoms with E-state index in [4.69, 9.17) is 5.10 Å². The lowest BCUT2D eigenvalue weighted by Crippen LogP contribution is -2.26. The first-order chi connectivity index (χ1) is 15.1. The zero-order valence-electron chi connectivity index (χ0n) is 19.4. The number of aromatic nitrogens is 3. The van der Waals surface area contributed by atoms with Gasteiger partial charge in [0.1, 0.15) is 11.6 Å². The third-order valence-corrected chi connectivity index (χ3v) is 7.79.